The van der Waals surface area contributed by atoms with Crippen LogP contribution < -0.4 is 10.5 Å². The van der Waals surface area contributed by atoms with Gasteiger partial charge in [-0.25, -0.2) is 4.68 Å². The minimum atomic E-state index is -0.575. The van der Waals surface area contributed by atoms with Crippen LogP contribution in [0.2, 0.25) is 10.0 Å². The normalized spacial score (nSPS) is 12.2. The number of benzene rings is 2. The lowest BCUT2D eigenvalue weighted by molar-refractivity contribution is 0.0648. The minimum Gasteiger partial charge on any atom is -0.496 e. The number of ether oxygens (including phenoxy) is 1. The Balaban J connectivity index is 1.76. The van der Waals surface area contributed by atoms with Gasteiger partial charge in [-0.1, -0.05) is 23.2 Å². The number of nitrogens with zero attached hydrogens (tertiary/aromatic N) is 4. The molecule has 0 spiro atoms. The molecule has 2 aromatic carbocycles. The number of carbonyl (C=O) groups excluding carboxylic acids is 2. The van der Waals surface area contributed by atoms with E-state index in [0.29, 0.717) is 39.2 Å². The fourth-order valence-corrected chi connectivity index (χ4v) is 5.19. The summed E-state index contributed by atoms with van der Waals surface area (Å²) in [7, 11) is 3.35. The molecule has 1 aliphatic carbocycles. The third-order valence-corrected chi connectivity index (χ3v) is 7.41. The van der Waals surface area contributed by atoms with Crippen LogP contribution >= 0.6 is 23.2 Å². The Hall–Kier alpha value is -3.88. The molecule has 10 heteroatoms. The highest BCUT2D eigenvalue weighted by molar-refractivity contribution is 6.34. The van der Waals surface area contributed by atoms with Crippen LogP contribution in [-0.4, -0.2) is 51.2 Å². The number of hydrogen-bond acceptors (Lipinski definition) is 5. The zero-order chi connectivity index (χ0) is 28.2. The summed E-state index contributed by atoms with van der Waals surface area (Å²) in [5, 5.41) is 5.70. The van der Waals surface area contributed by atoms with Gasteiger partial charge in [-0.15, -0.1) is 0 Å². The molecule has 0 radical (unpaired) electrons. The van der Waals surface area contributed by atoms with Crippen LogP contribution in [0.15, 0.2) is 48.8 Å². The molecular weight excluding hydrogens is 537 g/mol. The first-order valence-electron chi connectivity index (χ1n) is 12.2. The highest BCUT2D eigenvalue weighted by atomic mass is 35.5. The summed E-state index contributed by atoms with van der Waals surface area (Å²) in [4.78, 5) is 31.4. The number of methoxy groups -OCH3 is 1. The van der Waals surface area contributed by atoms with Crippen molar-refractivity contribution in [2.75, 3.05) is 14.2 Å². The monoisotopic (exact) mass is 563 g/mol. The van der Waals surface area contributed by atoms with Gasteiger partial charge in [0.2, 0.25) is 5.91 Å². The molecule has 0 atom stereocenters. The van der Waals surface area contributed by atoms with E-state index in [4.69, 9.17) is 38.8 Å². The first kappa shape index (κ1) is 26.7. The number of rotatable bonds is 5. The Kier molecular flexibility index (Phi) is 6.64. The second-order valence-electron chi connectivity index (χ2n) is 10.5. The summed E-state index contributed by atoms with van der Waals surface area (Å²) in [5.41, 5.74) is 11.1. The summed E-state index contributed by atoms with van der Waals surface area (Å²) in [6.07, 6.45) is 3.55. The van der Waals surface area contributed by atoms with E-state index in [1.807, 2.05) is 32.9 Å². The highest BCUT2D eigenvalue weighted by Crippen LogP contribution is 2.45. The van der Waals surface area contributed by atoms with Crippen LogP contribution in [0.1, 0.15) is 52.7 Å². The predicted molar refractivity (Wildman–Crippen MR) is 152 cm³/mol. The Labute approximate surface area is 236 Å². The molecular formula is C29H27Cl2N5O3. The first-order chi connectivity index (χ1) is 18.4. The Bertz CT molecular complexity index is 1640. The second kappa shape index (κ2) is 9.70. The van der Waals surface area contributed by atoms with E-state index in [0.717, 1.165) is 27.9 Å². The van der Waals surface area contributed by atoms with E-state index < -0.39 is 11.4 Å². The fourth-order valence-electron chi connectivity index (χ4n) is 4.67. The van der Waals surface area contributed by atoms with Crippen molar-refractivity contribution in [2.45, 2.75) is 32.7 Å². The number of pyridine rings is 1. The molecule has 2 N–H and O–H groups in total. The summed E-state index contributed by atoms with van der Waals surface area (Å²) >= 11 is 12.7. The summed E-state index contributed by atoms with van der Waals surface area (Å²) in [6.45, 7) is 5.91. The molecule has 0 unspecified atom stereocenters. The molecule has 0 saturated heterocycles. The van der Waals surface area contributed by atoms with E-state index in [2.05, 4.69) is 4.98 Å². The molecule has 200 valence electrons. The van der Waals surface area contributed by atoms with E-state index >= 15 is 0 Å². The number of hydrogen-bond donors (Lipinski definition) is 1. The summed E-state index contributed by atoms with van der Waals surface area (Å²) < 4.78 is 7.45. The zero-order valence-electron chi connectivity index (χ0n) is 22.2. The highest BCUT2D eigenvalue weighted by Gasteiger charge is 2.35. The number of halogens is 2. The number of amides is 2. The number of primary amides is 1. The van der Waals surface area contributed by atoms with E-state index in [1.54, 1.807) is 54.2 Å². The fraction of sp³-hybridized carbons (Fsp3) is 0.241. The molecule has 0 saturated carbocycles. The van der Waals surface area contributed by atoms with Crippen molar-refractivity contribution in [3.63, 3.8) is 0 Å². The molecule has 39 heavy (non-hydrogen) atoms. The second-order valence-corrected chi connectivity index (χ2v) is 11.3. The van der Waals surface area contributed by atoms with Crippen LogP contribution in [0.4, 0.5) is 0 Å². The van der Waals surface area contributed by atoms with Crippen LogP contribution in [-0.2, 0) is 6.42 Å². The van der Waals surface area contributed by atoms with Gasteiger partial charge in [0.1, 0.15) is 5.75 Å². The first-order valence-corrected chi connectivity index (χ1v) is 13.0. The van der Waals surface area contributed by atoms with Crippen molar-refractivity contribution < 1.29 is 14.3 Å². The Morgan fingerprint density at radius 2 is 1.72 bits per heavy atom. The third-order valence-electron chi connectivity index (χ3n) is 6.97. The largest absolute Gasteiger partial charge is 0.496 e. The van der Waals surface area contributed by atoms with Crippen molar-refractivity contribution in [1.82, 2.24) is 19.7 Å². The summed E-state index contributed by atoms with van der Waals surface area (Å²) in [6, 6.07) is 10.7. The van der Waals surface area contributed by atoms with E-state index in [9.17, 15) is 9.59 Å². The molecule has 8 nitrogen and oxygen atoms in total. The van der Waals surface area contributed by atoms with Gasteiger partial charge in [0.05, 0.1) is 24.1 Å². The zero-order valence-corrected chi connectivity index (χ0v) is 23.7. The number of fused-ring (bicyclic) bond motifs is 3. The lowest BCUT2D eigenvalue weighted by Crippen LogP contribution is -2.43. The molecule has 2 heterocycles. The molecule has 1 aliphatic rings. The van der Waals surface area contributed by atoms with Crippen molar-refractivity contribution >= 4 is 35.0 Å². The van der Waals surface area contributed by atoms with E-state index in [-0.39, 0.29) is 11.5 Å². The standard InChI is InChI=1S/C29H27Cl2N5O3/c1-29(2,3)35(4)28(38)25-23-7-15-8-24(39-5)21(16-6-17(27(32)37)14-33-13-16)12-22(15)26(23)36(34-25)20-10-18(30)9-19(31)11-20/h6,8-14H,7H2,1-5H3,(H2,32,37). The number of carbonyl (C=O) groups is 2. The molecule has 0 bridgehead atoms. The van der Waals surface area contributed by atoms with Gasteiger partial charge in [-0.05, 0) is 62.7 Å². The van der Waals surface area contributed by atoms with Crippen LogP contribution in [0.25, 0.3) is 28.1 Å². The average molecular weight is 564 g/mol. The van der Waals surface area contributed by atoms with Gasteiger partial charge in [0.15, 0.2) is 5.69 Å². The molecule has 0 aliphatic heterocycles. The van der Waals surface area contributed by atoms with Gasteiger partial charge in [-0.2, -0.15) is 5.10 Å². The van der Waals surface area contributed by atoms with Crippen LogP contribution in [0.3, 0.4) is 0 Å². The molecule has 5 rings (SSSR count). The van der Waals surface area contributed by atoms with Crippen molar-refractivity contribution in [1.29, 1.82) is 0 Å². The molecule has 2 aromatic heterocycles. The Morgan fingerprint density at radius 3 is 2.33 bits per heavy atom. The maximum absolute atomic E-state index is 13.7. The SMILES string of the molecule is COc1cc2c(cc1-c1cncc(C(N)=O)c1)-c1c(c(C(=O)N(C)C(C)(C)C)nn1-c1cc(Cl)cc(Cl)c1)C2. The minimum absolute atomic E-state index is 0.191. The molecule has 4 aromatic rings. The van der Waals surface area contributed by atoms with Crippen molar-refractivity contribution in [2.24, 2.45) is 5.73 Å². The number of nitrogens with two attached hydrogens (primary N) is 1. The van der Waals surface area contributed by atoms with Gasteiger partial charge >= 0.3 is 0 Å². The van der Waals surface area contributed by atoms with Gasteiger partial charge in [0, 0.05) is 63.7 Å². The lowest BCUT2D eigenvalue weighted by Gasteiger charge is -2.31. The Morgan fingerprint density at radius 1 is 1.03 bits per heavy atom. The smallest absolute Gasteiger partial charge is 0.274 e. The lowest BCUT2D eigenvalue weighted by atomic mass is 9.98. The summed E-state index contributed by atoms with van der Waals surface area (Å²) in [5.74, 6) is -0.162. The van der Waals surface area contributed by atoms with Crippen LogP contribution in [0, 0.1) is 0 Å². The number of aromatic nitrogens is 3. The van der Waals surface area contributed by atoms with Gasteiger partial charge < -0.3 is 15.4 Å². The predicted octanol–water partition coefficient (Wildman–Crippen LogP) is 5.79. The van der Waals surface area contributed by atoms with Crippen molar-refractivity contribution in [3.05, 3.63) is 81.2 Å². The van der Waals surface area contributed by atoms with E-state index in [1.165, 1.54) is 6.20 Å². The van der Waals surface area contributed by atoms with Gasteiger partial charge in [0.25, 0.3) is 5.91 Å². The molecule has 0 fully saturated rings. The third kappa shape index (κ3) is 4.75. The van der Waals surface area contributed by atoms with Crippen molar-refractivity contribution in [3.8, 4) is 33.8 Å². The average Bonchev–Trinajstić information content (AvgIpc) is 3.43. The maximum Gasteiger partial charge on any atom is 0.274 e. The van der Waals surface area contributed by atoms with Gasteiger partial charge in [-0.3, -0.25) is 14.6 Å². The van der Waals surface area contributed by atoms with Crippen LogP contribution in [0.5, 0.6) is 5.75 Å². The topological polar surface area (TPSA) is 103 Å². The quantitative estimate of drug-likeness (QED) is 0.291. The maximum atomic E-state index is 13.7. The molecule has 2 amide bonds.